The van der Waals surface area contributed by atoms with Gasteiger partial charge in [0, 0.05) is 41.6 Å². The van der Waals surface area contributed by atoms with Crippen molar-refractivity contribution in [1.29, 1.82) is 0 Å². The Kier molecular flexibility index (Phi) is 11.3. The number of phenols is 1. The lowest BCUT2D eigenvalue weighted by molar-refractivity contribution is -0.144. The van der Waals surface area contributed by atoms with Crippen molar-refractivity contribution >= 4 is 33.8 Å². The molecule has 0 radical (unpaired) electrons. The number of phenolic OH excluding ortho intramolecular Hbond substituents is 1. The summed E-state index contributed by atoms with van der Waals surface area (Å²) in [4.78, 5) is 32.1. The fourth-order valence-corrected chi connectivity index (χ4v) is 8.22. The number of ether oxygens (including phenoxy) is 1. The molecule has 2 fully saturated rings. The number of nitrogens with zero attached hydrogens (tertiary/aromatic N) is 2. The van der Waals surface area contributed by atoms with Crippen molar-refractivity contribution < 1.29 is 29.6 Å². The van der Waals surface area contributed by atoms with E-state index in [4.69, 9.17) is 4.74 Å². The predicted molar refractivity (Wildman–Crippen MR) is 192 cm³/mol. The fourth-order valence-electron chi connectivity index (χ4n) is 7.84. The smallest absolute Gasteiger partial charge is 0.234 e. The van der Waals surface area contributed by atoms with E-state index in [1.165, 1.54) is 10.5 Å². The summed E-state index contributed by atoms with van der Waals surface area (Å²) < 4.78 is 7.00. The number of carbonyl (C=O) groups excluding carboxylic acids is 2. The zero-order chi connectivity index (χ0) is 34.5. The number of aromatic hydroxyl groups is 1. The van der Waals surface area contributed by atoms with Crippen LogP contribution in [-0.2, 0) is 16.1 Å². The zero-order valence-electron chi connectivity index (χ0n) is 27.9. The first-order valence-corrected chi connectivity index (χ1v) is 18.0. The van der Waals surface area contributed by atoms with Crippen LogP contribution in [0.2, 0.25) is 0 Å². The van der Waals surface area contributed by atoms with Gasteiger partial charge in [-0.15, -0.1) is 0 Å². The van der Waals surface area contributed by atoms with Gasteiger partial charge >= 0.3 is 0 Å². The van der Waals surface area contributed by atoms with Gasteiger partial charge in [-0.1, -0.05) is 76.1 Å². The van der Waals surface area contributed by atoms with Gasteiger partial charge in [-0.2, -0.15) is 0 Å². The SMILES string of the molecule is C/C(=C\c1cc(Br)ccc1O)CC[C@@H](O)C1=C(COc2ccccc2)C[C@H]2C(=O)N(C3CCN(Cc4ccccc4)CC3)C(=O)[C@H]2[C@H]1CO. The third-order valence-corrected chi connectivity index (χ3v) is 10.8. The monoisotopic (exact) mass is 728 g/mol. The van der Waals surface area contributed by atoms with E-state index in [1.807, 2.05) is 67.6 Å². The largest absolute Gasteiger partial charge is 0.507 e. The highest BCUT2D eigenvalue weighted by atomic mass is 79.9. The fraction of sp³-hybridized carbons (Fsp3) is 0.400. The second-order valence-electron chi connectivity index (χ2n) is 13.6. The Hall–Kier alpha value is -3.76. The summed E-state index contributed by atoms with van der Waals surface area (Å²) in [6.07, 6.45) is 3.53. The molecule has 3 aromatic carbocycles. The second-order valence-corrected chi connectivity index (χ2v) is 14.5. The lowest BCUT2D eigenvalue weighted by Crippen LogP contribution is -2.47. The van der Waals surface area contributed by atoms with E-state index in [2.05, 4.69) is 33.0 Å². The minimum Gasteiger partial charge on any atom is -0.507 e. The molecule has 2 amide bonds. The molecule has 2 heterocycles. The molecule has 9 heteroatoms. The third kappa shape index (κ3) is 8.01. The number of rotatable bonds is 12. The van der Waals surface area contributed by atoms with E-state index in [0.29, 0.717) is 49.0 Å². The van der Waals surface area contributed by atoms with Crippen LogP contribution in [0.5, 0.6) is 11.5 Å². The van der Waals surface area contributed by atoms with Gasteiger partial charge in [0.05, 0.1) is 24.5 Å². The molecule has 258 valence electrons. The number of aliphatic hydroxyl groups excluding tert-OH is 2. The summed E-state index contributed by atoms with van der Waals surface area (Å²) >= 11 is 3.45. The quantitative estimate of drug-likeness (QED) is 0.147. The lowest BCUT2D eigenvalue weighted by atomic mass is 9.68. The van der Waals surface area contributed by atoms with Crippen molar-refractivity contribution in [3.05, 3.63) is 111 Å². The highest BCUT2D eigenvalue weighted by Gasteiger charge is 2.56. The highest BCUT2D eigenvalue weighted by Crippen LogP contribution is 2.47. The summed E-state index contributed by atoms with van der Waals surface area (Å²) in [6.45, 7) is 4.16. The number of halogens is 1. The molecule has 2 aliphatic heterocycles. The van der Waals surface area contributed by atoms with Crippen LogP contribution in [0.1, 0.15) is 50.2 Å². The van der Waals surface area contributed by atoms with Crippen LogP contribution in [0.25, 0.3) is 6.08 Å². The Morgan fingerprint density at radius 3 is 2.39 bits per heavy atom. The molecule has 0 spiro atoms. The van der Waals surface area contributed by atoms with Crippen LogP contribution >= 0.6 is 15.9 Å². The summed E-state index contributed by atoms with van der Waals surface area (Å²) in [7, 11) is 0. The Labute approximate surface area is 296 Å². The molecule has 3 N–H and O–H groups in total. The van der Waals surface area contributed by atoms with Gasteiger partial charge in [0.2, 0.25) is 11.8 Å². The number of aliphatic hydroxyl groups is 2. The molecule has 0 unspecified atom stereocenters. The number of hydrogen-bond acceptors (Lipinski definition) is 7. The number of piperidine rings is 1. The first-order chi connectivity index (χ1) is 23.7. The molecule has 49 heavy (non-hydrogen) atoms. The van der Waals surface area contributed by atoms with Crippen LogP contribution in [0, 0.1) is 17.8 Å². The number of allylic oxidation sites excluding steroid dienone is 1. The van der Waals surface area contributed by atoms with E-state index in [0.717, 1.165) is 35.3 Å². The van der Waals surface area contributed by atoms with Crippen LogP contribution < -0.4 is 4.74 Å². The van der Waals surface area contributed by atoms with Gasteiger partial charge in [0.1, 0.15) is 18.1 Å². The Morgan fingerprint density at radius 2 is 1.69 bits per heavy atom. The molecule has 4 atom stereocenters. The lowest BCUT2D eigenvalue weighted by Gasteiger charge is -2.37. The number of hydrogen-bond donors (Lipinski definition) is 3. The average molecular weight is 730 g/mol. The van der Waals surface area contributed by atoms with Gasteiger partial charge in [0.15, 0.2) is 0 Å². The molecule has 0 aromatic heterocycles. The molecule has 0 bridgehead atoms. The van der Waals surface area contributed by atoms with E-state index in [9.17, 15) is 24.9 Å². The van der Waals surface area contributed by atoms with Crippen molar-refractivity contribution in [2.45, 2.75) is 57.7 Å². The van der Waals surface area contributed by atoms with E-state index in [1.54, 1.807) is 12.1 Å². The normalized spacial score (nSPS) is 22.8. The van der Waals surface area contributed by atoms with Crippen molar-refractivity contribution in [3.8, 4) is 11.5 Å². The van der Waals surface area contributed by atoms with E-state index in [-0.39, 0.29) is 36.8 Å². The van der Waals surface area contributed by atoms with Crippen molar-refractivity contribution in [3.63, 3.8) is 0 Å². The Balaban J connectivity index is 1.20. The first-order valence-electron chi connectivity index (χ1n) is 17.2. The van der Waals surface area contributed by atoms with Crippen molar-refractivity contribution in [2.75, 3.05) is 26.3 Å². The van der Waals surface area contributed by atoms with Crippen LogP contribution in [0.15, 0.2) is 100 Å². The molecule has 1 aliphatic carbocycles. The Bertz CT molecular complexity index is 1690. The number of imide groups is 1. The van der Waals surface area contributed by atoms with E-state index >= 15 is 0 Å². The van der Waals surface area contributed by atoms with Crippen LogP contribution in [0.4, 0.5) is 0 Å². The number of benzene rings is 3. The summed E-state index contributed by atoms with van der Waals surface area (Å²) in [6, 6.07) is 24.7. The minimum atomic E-state index is -0.954. The summed E-state index contributed by atoms with van der Waals surface area (Å²) in [5.41, 5.74) is 4.25. The molecular weight excluding hydrogens is 684 g/mol. The molecule has 2 saturated heterocycles. The van der Waals surface area contributed by atoms with Crippen molar-refractivity contribution in [1.82, 2.24) is 9.80 Å². The third-order valence-electron chi connectivity index (χ3n) is 10.3. The first kappa shape index (κ1) is 35.1. The topological polar surface area (TPSA) is 111 Å². The maximum atomic E-state index is 14.2. The van der Waals surface area contributed by atoms with Gasteiger partial charge in [-0.05, 0) is 86.1 Å². The number of para-hydroxylation sites is 1. The Morgan fingerprint density at radius 1 is 1.00 bits per heavy atom. The molecule has 8 nitrogen and oxygen atoms in total. The maximum Gasteiger partial charge on any atom is 0.234 e. The number of fused-ring (bicyclic) bond motifs is 1. The summed E-state index contributed by atoms with van der Waals surface area (Å²) in [5, 5.41) is 32.9. The highest BCUT2D eigenvalue weighted by molar-refractivity contribution is 9.10. The molecule has 3 aromatic rings. The maximum absolute atomic E-state index is 14.2. The zero-order valence-corrected chi connectivity index (χ0v) is 29.5. The molecule has 3 aliphatic rings. The number of carbonyl (C=O) groups is 2. The second kappa shape index (κ2) is 15.9. The molecular formula is C40H45BrN2O6. The molecule has 0 saturated carbocycles. The van der Waals surface area contributed by atoms with Gasteiger partial charge in [-0.3, -0.25) is 19.4 Å². The molecule has 6 rings (SSSR count). The minimum absolute atomic E-state index is 0.149. The van der Waals surface area contributed by atoms with Gasteiger partial charge < -0.3 is 20.1 Å². The number of likely N-dealkylation sites (tertiary alicyclic amines) is 2. The van der Waals surface area contributed by atoms with Crippen LogP contribution in [0.3, 0.4) is 0 Å². The standard InChI is InChI=1S/C40H45BrN2O6/c1-26(20-28-21-30(41)13-15-35(28)45)12-14-36(46)37-29(25-49-32-10-6-3-7-11-32)22-33-38(34(37)24-44)40(48)43(39(33)47)31-16-18-42(19-17-31)23-27-8-4-2-5-9-27/h2-11,13,15,20-21,31,33-34,36,38,44-46H,12,14,16-19,22-25H2,1H3/b26-20+/t33-,34+,36-,38-/m1/s1. The summed E-state index contributed by atoms with van der Waals surface area (Å²) in [5.74, 6) is -1.59. The van der Waals surface area contributed by atoms with Gasteiger partial charge in [-0.25, -0.2) is 0 Å². The van der Waals surface area contributed by atoms with Crippen LogP contribution in [-0.4, -0.2) is 75.4 Å². The number of amides is 2. The van der Waals surface area contributed by atoms with E-state index < -0.39 is 23.9 Å². The van der Waals surface area contributed by atoms with Gasteiger partial charge in [0.25, 0.3) is 0 Å². The average Bonchev–Trinajstić information content (AvgIpc) is 3.36. The predicted octanol–water partition coefficient (Wildman–Crippen LogP) is 6.35. The van der Waals surface area contributed by atoms with Crippen molar-refractivity contribution in [2.24, 2.45) is 17.8 Å².